The Bertz CT molecular complexity index is 876. The van der Waals surface area contributed by atoms with Crippen molar-refractivity contribution in [1.29, 1.82) is 0 Å². The summed E-state index contributed by atoms with van der Waals surface area (Å²) in [6.07, 6.45) is 0. The van der Waals surface area contributed by atoms with E-state index in [4.69, 9.17) is 24.4 Å². The Morgan fingerprint density at radius 2 is 1.14 bits per heavy atom. The lowest BCUT2D eigenvalue weighted by Crippen LogP contribution is -2.21. The van der Waals surface area contributed by atoms with Crippen molar-refractivity contribution in [2.24, 2.45) is 0 Å². The van der Waals surface area contributed by atoms with Crippen LogP contribution in [-0.2, 0) is 13.1 Å². The zero-order chi connectivity index (χ0) is 14.4. The molecular weight excluding hydrogens is 298 g/mol. The molecule has 0 atom stereocenters. The summed E-state index contributed by atoms with van der Waals surface area (Å²) >= 11 is 11.3. The minimum absolute atomic E-state index is 0.751. The van der Waals surface area contributed by atoms with Gasteiger partial charge in [0, 0.05) is 0 Å². The fraction of sp³-hybridized carbons (Fsp3) is 0.125. The SMILES string of the molecule is S=c1n(-c2ccccc2)c(=S)n2n1Cc1ccccc1C2. The number of nitrogens with zero attached hydrogens (tertiary/aromatic N) is 3. The van der Waals surface area contributed by atoms with Crippen molar-refractivity contribution in [2.75, 3.05) is 0 Å². The number of para-hydroxylation sites is 1. The summed E-state index contributed by atoms with van der Waals surface area (Å²) in [5.74, 6) is 0. The van der Waals surface area contributed by atoms with Gasteiger partial charge in [-0.25, -0.2) is 0 Å². The van der Waals surface area contributed by atoms with Crippen LogP contribution in [0.2, 0.25) is 0 Å². The third kappa shape index (κ3) is 1.92. The van der Waals surface area contributed by atoms with Crippen LogP contribution in [-0.4, -0.2) is 13.9 Å². The molecule has 5 heteroatoms. The van der Waals surface area contributed by atoms with Crippen molar-refractivity contribution >= 4 is 24.4 Å². The van der Waals surface area contributed by atoms with Crippen LogP contribution in [0, 0.1) is 9.54 Å². The van der Waals surface area contributed by atoms with E-state index in [0.717, 1.165) is 28.3 Å². The lowest BCUT2D eigenvalue weighted by atomic mass is 10.1. The lowest BCUT2D eigenvalue weighted by Gasteiger charge is -2.20. The molecule has 0 unspecified atom stereocenters. The largest absolute Gasteiger partial charge is 0.261 e. The fourth-order valence-electron chi connectivity index (χ4n) is 2.81. The zero-order valence-electron chi connectivity index (χ0n) is 11.3. The molecule has 0 N–H and O–H groups in total. The molecule has 0 spiro atoms. The van der Waals surface area contributed by atoms with E-state index in [1.165, 1.54) is 11.1 Å². The van der Waals surface area contributed by atoms with Crippen molar-refractivity contribution in [2.45, 2.75) is 13.1 Å². The summed E-state index contributed by atoms with van der Waals surface area (Å²) in [7, 11) is 0. The topological polar surface area (TPSA) is 14.8 Å². The quantitative estimate of drug-likeness (QED) is 0.494. The Morgan fingerprint density at radius 3 is 1.67 bits per heavy atom. The molecule has 2 aromatic carbocycles. The first-order valence-corrected chi connectivity index (χ1v) is 7.62. The van der Waals surface area contributed by atoms with Gasteiger partial charge in [-0.3, -0.25) is 13.9 Å². The van der Waals surface area contributed by atoms with Gasteiger partial charge >= 0.3 is 0 Å². The van der Waals surface area contributed by atoms with Gasteiger partial charge < -0.3 is 0 Å². The summed E-state index contributed by atoms with van der Waals surface area (Å²) in [6, 6.07) is 18.5. The summed E-state index contributed by atoms with van der Waals surface area (Å²) in [6.45, 7) is 1.55. The Morgan fingerprint density at radius 1 is 0.667 bits per heavy atom. The maximum Gasteiger partial charge on any atom is 0.202 e. The molecular formula is C16H13N3S2. The second-order valence-electron chi connectivity index (χ2n) is 5.12. The van der Waals surface area contributed by atoms with Crippen molar-refractivity contribution in [3.05, 3.63) is 75.3 Å². The maximum absolute atomic E-state index is 5.65. The predicted molar refractivity (Wildman–Crippen MR) is 88.1 cm³/mol. The first-order chi connectivity index (χ1) is 10.3. The zero-order valence-corrected chi connectivity index (χ0v) is 12.9. The number of benzene rings is 2. The number of hydrogen-bond donors (Lipinski definition) is 0. The van der Waals surface area contributed by atoms with Crippen molar-refractivity contribution in [3.8, 4) is 5.69 Å². The second kappa shape index (κ2) is 4.79. The monoisotopic (exact) mass is 311 g/mol. The van der Waals surface area contributed by atoms with Crippen LogP contribution < -0.4 is 0 Å². The first-order valence-electron chi connectivity index (χ1n) is 6.80. The van der Waals surface area contributed by atoms with Gasteiger partial charge in [0.15, 0.2) is 0 Å². The molecule has 21 heavy (non-hydrogen) atoms. The fourth-order valence-corrected chi connectivity index (χ4v) is 3.58. The maximum atomic E-state index is 5.65. The molecule has 0 amide bonds. The van der Waals surface area contributed by atoms with E-state index in [1.54, 1.807) is 0 Å². The summed E-state index contributed by atoms with van der Waals surface area (Å²) < 4.78 is 7.65. The van der Waals surface area contributed by atoms with Crippen molar-refractivity contribution in [3.63, 3.8) is 0 Å². The van der Waals surface area contributed by atoms with E-state index in [1.807, 2.05) is 34.9 Å². The average molecular weight is 311 g/mol. The number of rotatable bonds is 1. The molecule has 104 valence electrons. The van der Waals surface area contributed by atoms with Crippen LogP contribution in [0.1, 0.15) is 11.1 Å². The van der Waals surface area contributed by atoms with Crippen molar-refractivity contribution in [1.82, 2.24) is 13.9 Å². The molecule has 0 fully saturated rings. The first kappa shape index (κ1) is 12.7. The van der Waals surface area contributed by atoms with E-state index in [9.17, 15) is 0 Å². The van der Waals surface area contributed by atoms with Crippen LogP contribution in [0.5, 0.6) is 0 Å². The van der Waals surface area contributed by atoms with E-state index < -0.39 is 0 Å². The highest BCUT2D eigenvalue weighted by molar-refractivity contribution is 7.72. The third-order valence-corrected chi connectivity index (χ3v) is 4.68. The minimum Gasteiger partial charge on any atom is -0.261 e. The Hall–Kier alpha value is -1.98. The van der Waals surface area contributed by atoms with Gasteiger partial charge in [0.2, 0.25) is 9.54 Å². The van der Waals surface area contributed by atoms with Crippen LogP contribution >= 0.6 is 24.4 Å². The van der Waals surface area contributed by atoms with Crippen LogP contribution in [0.4, 0.5) is 0 Å². The molecule has 0 saturated heterocycles. The highest BCUT2D eigenvalue weighted by Crippen LogP contribution is 2.21. The Labute approximate surface area is 132 Å². The number of hydrogen-bond acceptors (Lipinski definition) is 2. The Balaban J connectivity index is 1.95. The molecule has 3 nitrogen and oxygen atoms in total. The van der Waals surface area contributed by atoms with E-state index in [2.05, 4.69) is 33.6 Å². The number of fused-ring (bicyclic) bond motifs is 2. The normalized spacial score (nSPS) is 12.8. The standard InChI is InChI=1S/C16H13N3S2/c20-15-17-10-12-6-4-5-7-13(12)11-18(17)16(21)19(15)14-8-2-1-3-9-14/h1-9H,10-11H2. The van der Waals surface area contributed by atoms with E-state index >= 15 is 0 Å². The minimum atomic E-state index is 0.751. The van der Waals surface area contributed by atoms with Crippen LogP contribution in [0.25, 0.3) is 5.69 Å². The average Bonchev–Trinajstić information content (AvgIpc) is 2.77. The van der Waals surface area contributed by atoms with Gasteiger partial charge in [-0.05, 0) is 47.7 Å². The summed E-state index contributed by atoms with van der Waals surface area (Å²) in [5, 5.41) is 0. The lowest BCUT2D eigenvalue weighted by molar-refractivity contribution is 0.475. The van der Waals surface area contributed by atoms with Crippen LogP contribution in [0.15, 0.2) is 54.6 Å². The number of aromatic nitrogens is 3. The van der Waals surface area contributed by atoms with Gasteiger partial charge in [-0.2, -0.15) is 0 Å². The molecule has 1 aliphatic heterocycles. The highest BCUT2D eigenvalue weighted by Gasteiger charge is 2.18. The predicted octanol–water partition coefficient (Wildman–Crippen LogP) is 3.95. The Kier molecular flexibility index (Phi) is 2.90. The van der Waals surface area contributed by atoms with E-state index in [0.29, 0.717) is 0 Å². The molecule has 0 bridgehead atoms. The molecule has 0 saturated carbocycles. The molecule has 0 aliphatic carbocycles. The summed E-state index contributed by atoms with van der Waals surface area (Å²) in [5.41, 5.74) is 3.65. The van der Waals surface area contributed by atoms with Gasteiger partial charge in [0.25, 0.3) is 0 Å². The van der Waals surface area contributed by atoms with Gasteiger partial charge in [-0.1, -0.05) is 42.5 Å². The third-order valence-electron chi connectivity index (χ3n) is 3.89. The van der Waals surface area contributed by atoms with Crippen LogP contribution in [0.3, 0.4) is 0 Å². The molecule has 1 aliphatic rings. The van der Waals surface area contributed by atoms with Crippen molar-refractivity contribution < 1.29 is 0 Å². The van der Waals surface area contributed by atoms with Gasteiger partial charge in [-0.15, -0.1) is 0 Å². The molecule has 4 rings (SSSR count). The van der Waals surface area contributed by atoms with Gasteiger partial charge in [0.1, 0.15) is 0 Å². The van der Waals surface area contributed by atoms with Gasteiger partial charge in [0.05, 0.1) is 18.8 Å². The second-order valence-corrected chi connectivity index (χ2v) is 5.85. The molecule has 1 aromatic heterocycles. The molecule has 3 aromatic rings. The molecule has 2 heterocycles. The molecule has 0 radical (unpaired) electrons. The smallest absolute Gasteiger partial charge is 0.202 e. The highest BCUT2D eigenvalue weighted by atomic mass is 32.1. The summed E-state index contributed by atoms with van der Waals surface area (Å²) in [4.78, 5) is 0. The van der Waals surface area contributed by atoms with E-state index in [-0.39, 0.29) is 0 Å².